The summed E-state index contributed by atoms with van der Waals surface area (Å²) in [6.07, 6.45) is 3.61. The predicted molar refractivity (Wildman–Crippen MR) is 117 cm³/mol. The molecule has 0 aliphatic carbocycles. The van der Waals surface area contributed by atoms with Gasteiger partial charge in [-0.25, -0.2) is 0 Å². The van der Waals surface area contributed by atoms with Gasteiger partial charge in [0.1, 0.15) is 0 Å². The number of nitrogens with zero attached hydrogens (tertiary/aromatic N) is 4. The molecule has 0 spiro atoms. The zero-order chi connectivity index (χ0) is 20.8. The summed E-state index contributed by atoms with van der Waals surface area (Å²) in [5.41, 5.74) is 8.10. The number of nitriles is 2. The minimum absolute atomic E-state index is 0.629. The lowest BCUT2D eigenvalue weighted by Gasteiger charge is -2.11. The number of rotatable bonds is 4. The van der Waals surface area contributed by atoms with Gasteiger partial charge in [-0.2, -0.15) is 10.5 Å². The van der Waals surface area contributed by atoms with Crippen molar-refractivity contribution in [2.75, 3.05) is 0 Å². The minimum Gasteiger partial charge on any atom is -0.256 e. The Kier molecular flexibility index (Phi) is 5.97. The number of hydrogen-bond donors (Lipinski definition) is 0. The monoisotopic (exact) mass is 376 g/mol. The van der Waals surface area contributed by atoms with E-state index >= 15 is 0 Å². The Labute approximate surface area is 171 Å². The first-order chi connectivity index (χ1) is 14.0. The van der Waals surface area contributed by atoms with Gasteiger partial charge in [0, 0.05) is 18.0 Å². The van der Waals surface area contributed by atoms with Crippen LogP contribution in [0, 0.1) is 43.4 Å². The van der Waals surface area contributed by atoms with Crippen LogP contribution in [0.5, 0.6) is 0 Å². The highest BCUT2D eigenvalue weighted by Gasteiger charge is 2.09. The van der Waals surface area contributed by atoms with Crippen LogP contribution in [0.25, 0.3) is 0 Å². The number of aryl methyl sites for hydroxylation is 2. The lowest BCUT2D eigenvalue weighted by Crippen LogP contribution is -1.89. The molecule has 3 rings (SSSR count). The minimum atomic E-state index is 0.629. The molecule has 0 radical (unpaired) electrons. The van der Waals surface area contributed by atoms with Gasteiger partial charge >= 0.3 is 0 Å². The van der Waals surface area contributed by atoms with Gasteiger partial charge in [0.25, 0.3) is 0 Å². The molecule has 0 N–H and O–H groups in total. The fourth-order valence-electron chi connectivity index (χ4n) is 3.13. The topological polar surface area (TPSA) is 72.3 Å². The van der Waals surface area contributed by atoms with E-state index in [-0.39, 0.29) is 0 Å². The van der Waals surface area contributed by atoms with E-state index in [0.29, 0.717) is 11.1 Å². The molecule has 0 aromatic heterocycles. The summed E-state index contributed by atoms with van der Waals surface area (Å²) in [5, 5.41) is 17.8. The second kappa shape index (κ2) is 8.78. The summed E-state index contributed by atoms with van der Waals surface area (Å²) in [5.74, 6) is 0. The van der Waals surface area contributed by atoms with E-state index in [1.54, 1.807) is 36.7 Å². The molecule has 0 aliphatic rings. The molecule has 4 nitrogen and oxygen atoms in total. The predicted octanol–water partition coefficient (Wildman–Crippen LogP) is 5.86. The lowest BCUT2D eigenvalue weighted by molar-refractivity contribution is 1.26. The molecule has 0 amide bonds. The Morgan fingerprint density at radius 2 is 1.03 bits per heavy atom. The van der Waals surface area contributed by atoms with Gasteiger partial charge in [-0.05, 0) is 67.3 Å². The third kappa shape index (κ3) is 4.64. The summed E-state index contributed by atoms with van der Waals surface area (Å²) >= 11 is 0. The highest BCUT2D eigenvalue weighted by atomic mass is 14.8. The van der Waals surface area contributed by atoms with Crippen LogP contribution in [0.15, 0.2) is 64.6 Å². The highest BCUT2D eigenvalue weighted by Crippen LogP contribution is 2.34. The van der Waals surface area contributed by atoms with Crippen LogP contribution in [0.2, 0.25) is 0 Å². The highest BCUT2D eigenvalue weighted by molar-refractivity contribution is 5.86. The molecule has 3 aromatic carbocycles. The van der Waals surface area contributed by atoms with Gasteiger partial charge in [0.15, 0.2) is 0 Å². The Bertz CT molecular complexity index is 1080. The van der Waals surface area contributed by atoms with E-state index in [2.05, 4.69) is 18.2 Å². The van der Waals surface area contributed by atoms with Crippen molar-refractivity contribution in [3.8, 4) is 12.1 Å². The molecule has 0 fully saturated rings. The van der Waals surface area contributed by atoms with Crippen LogP contribution in [0.4, 0.5) is 11.4 Å². The summed E-state index contributed by atoms with van der Waals surface area (Å²) in [6.45, 7) is 6.11. The van der Waals surface area contributed by atoms with Crippen LogP contribution >= 0.6 is 0 Å². The first-order valence-corrected chi connectivity index (χ1v) is 9.21. The molecular weight excluding hydrogens is 356 g/mol. The van der Waals surface area contributed by atoms with E-state index in [1.807, 2.05) is 45.0 Å². The summed E-state index contributed by atoms with van der Waals surface area (Å²) in [7, 11) is 0. The fourth-order valence-corrected chi connectivity index (χ4v) is 3.13. The molecule has 0 atom stereocenters. The Hall–Kier alpha value is -4.02. The molecule has 0 bridgehead atoms. The molecule has 0 heterocycles. The third-order valence-electron chi connectivity index (χ3n) is 4.66. The maximum absolute atomic E-state index is 8.91. The first kappa shape index (κ1) is 19.7. The quantitative estimate of drug-likeness (QED) is 0.535. The lowest BCUT2D eigenvalue weighted by atomic mass is 10.0. The van der Waals surface area contributed by atoms with E-state index in [9.17, 15) is 0 Å². The Morgan fingerprint density at radius 3 is 1.38 bits per heavy atom. The smallest absolute Gasteiger partial charge is 0.0991 e. The molecule has 0 saturated heterocycles. The SMILES string of the molecule is Cc1cc(C)c(N=Cc2ccc(C#N)cc2)c(C)c1N=Cc1ccc(C#N)cc1. The number of hydrogen-bond acceptors (Lipinski definition) is 4. The largest absolute Gasteiger partial charge is 0.256 e. The summed E-state index contributed by atoms with van der Waals surface area (Å²) < 4.78 is 0. The third-order valence-corrected chi connectivity index (χ3v) is 4.66. The number of aliphatic imine (C=N–C) groups is 2. The van der Waals surface area contributed by atoms with Crippen molar-refractivity contribution in [2.45, 2.75) is 20.8 Å². The molecule has 0 aliphatic heterocycles. The average molecular weight is 376 g/mol. The average Bonchev–Trinajstić information content (AvgIpc) is 2.74. The van der Waals surface area contributed by atoms with E-state index in [4.69, 9.17) is 20.5 Å². The second-order valence-electron chi connectivity index (χ2n) is 6.82. The van der Waals surface area contributed by atoms with Crippen LogP contribution in [0.3, 0.4) is 0 Å². The van der Waals surface area contributed by atoms with Crippen LogP contribution < -0.4 is 0 Å². The normalized spacial score (nSPS) is 10.9. The van der Waals surface area contributed by atoms with Crippen molar-refractivity contribution in [2.24, 2.45) is 9.98 Å². The molecule has 140 valence electrons. The molecule has 0 saturated carbocycles. The van der Waals surface area contributed by atoms with Crippen molar-refractivity contribution in [1.82, 2.24) is 0 Å². The van der Waals surface area contributed by atoms with E-state index in [1.165, 1.54) is 0 Å². The molecular formula is C25H20N4. The summed E-state index contributed by atoms with van der Waals surface area (Å²) in [6, 6.07) is 21.0. The second-order valence-corrected chi connectivity index (χ2v) is 6.82. The Morgan fingerprint density at radius 1 is 0.655 bits per heavy atom. The van der Waals surface area contributed by atoms with Crippen molar-refractivity contribution in [3.05, 3.63) is 93.5 Å². The van der Waals surface area contributed by atoms with Gasteiger partial charge in [0.05, 0.1) is 34.6 Å². The van der Waals surface area contributed by atoms with Gasteiger partial charge in [0.2, 0.25) is 0 Å². The molecule has 3 aromatic rings. The van der Waals surface area contributed by atoms with Gasteiger partial charge in [-0.3, -0.25) is 9.98 Å². The van der Waals surface area contributed by atoms with Gasteiger partial charge in [-0.1, -0.05) is 30.3 Å². The standard InChI is InChI=1S/C25H20N4/c1-17-12-18(2)25(29-16-23-10-6-21(14-27)7-11-23)19(3)24(17)28-15-22-8-4-20(13-26)5-9-22/h4-12,15-16H,1-3H3. The van der Waals surface area contributed by atoms with E-state index in [0.717, 1.165) is 39.2 Å². The van der Waals surface area contributed by atoms with Crippen LogP contribution in [-0.2, 0) is 0 Å². The van der Waals surface area contributed by atoms with Crippen molar-refractivity contribution in [1.29, 1.82) is 10.5 Å². The van der Waals surface area contributed by atoms with Crippen molar-refractivity contribution >= 4 is 23.8 Å². The molecule has 29 heavy (non-hydrogen) atoms. The van der Waals surface area contributed by atoms with Crippen LogP contribution in [0.1, 0.15) is 38.9 Å². The van der Waals surface area contributed by atoms with E-state index < -0.39 is 0 Å². The molecule has 4 heteroatoms. The zero-order valence-corrected chi connectivity index (χ0v) is 16.6. The Balaban J connectivity index is 1.92. The van der Waals surface area contributed by atoms with Gasteiger partial charge < -0.3 is 0 Å². The van der Waals surface area contributed by atoms with Crippen LogP contribution in [-0.4, -0.2) is 12.4 Å². The first-order valence-electron chi connectivity index (χ1n) is 9.21. The molecule has 0 unspecified atom stereocenters. The zero-order valence-electron chi connectivity index (χ0n) is 16.6. The number of benzene rings is 3. The fraction of sp³-hybridized carbons (Fsp3) is 0.120. The maximum Gasteiger partial charge on any atom is 0.0991 e. The summed E-state index contributed by atoms with van der Waals surface area (Å²) in [4.78, 5) is 9.39. The van der Waals surface area contributed by atoms with Gasteiger partial charge in [-0.15, -0.1) is 0 Å². The van der Waals surface area contributed by atoms with Crippen molar-refractivity contribution in [3.63, 3.8) is 0 Å². The maximum atomic E-state index is 8.91. The van der Waals surface area contributed by atoms with Crippen molar-refractivity contribution < 1.29 is 0 Å².